The van der Waals surface area contributed by atoms with Gasteiger partial charge in [0.15, 0.2) is 10.7 Å². The van der Waals surface area contributed by atoms with Crippen molar-refractivity contribution in [3.8, 4) is 0 Å². The molecule has 1 N–H and O–H groups in total. The van der Waals surface area contributed by atoms with Gasteiger partial charge in [0.05, 0.1) is 29.3 Å². The summed E-state index contributed by atoms with van der Waals surface area (Å²) in [6, 6.07) is 4.85. The number of methoxy groups -OCH3 is 1. The fourth-order valence-corrected chi connectivity index (χ4v) is 4.05. The molecule has 0 unspecified atom stereocenters. The summed E-state index contributed by atoms with van der Waals surface area (Å²) in [4.78, 5) is 11.2. The number of carbonyl (C=O) groups excluding carboxylic acids is 1. The van der Waals surface area contributed by atoms with Crippen LogP contribution >= 0.6 is 0 Å². The molecule has 0 radical (unpaired) electrons. The Kier molecular flexibility index (Phi) is 5.07. The predicted octanol–water partition coefficient (Wildman–Crippen LogP) is 1.87. The van der Waals surface area contributed by atoms with E-state index in [9.17, 15) is 26.4 Å². The highest BCUT2D eigenvalue weighted by molar-refractivity contribution is 7.91. The number of alkyl halides is 3. The molecular weight excluding hydrogens is 379 g/mol. The van der Waals surface area contributed by atoms with Crippen LogP contribution in [-0.4, -0.2) is 42.7 Å². The molecule has 12 heteroatoms. The molecule has 0 aliphatic heterocycles. The van der Waals surface area contributed by atoms with E-state index in [0.717, 1.165) is 26.3 Å². The molecule has 8 nitrogen and oxygen atoms in total. The summed E-state index contributed by atoms with van der Waals surface area (Å²) < 4.78 is 70.3. The lowest BCUT2D eigenvalue weighted by atomic mass is 10.2. The second-order valence-electron chi connectivity index (χ2n) is 4.92. The number of ether oxygens (including phenoxy) is 1. The molecule has 2 aromatic rings. The zero-order chi connectivity index (χ0) is 19.7. The minimum absolute atomic E-state index is 0.323. The van der Waals surface area contributed by atoms with E-state index in [1.165, 1.54) is 12.1 Å². The van der Waals surface area contributed by atoms with Gasteiger partial charge in [-0.1, -0.05) is 17.3 Å². The van der Waals surface area contributed by atoms with Gasteiger partial charge in [-0.2, -0.15) is 18.3 Å². The third-order valence-electron chi connectivity index (χ3n) is 3.32. The predicted molar refractivity (Wildman–Crippen MR) is 80.8 cm³/mol. The number of esters is 1. The molecule has 0 fully saturated rings. The maximum absolute atomic E-state index is 13.1. The van der Waals surface area contributed by atoms with Crippen molar-refractivity contribution in [1.82, 2.24) is 9.78 Å². The van der Waals surface area contributed by atoms with Crippen molar-refractivity contribution in [1.29, 1.82) is 0 Å². The molecule has 0 saturated heterocycles. The van der Waals surface area contributed by atoms with E-state index < -0.39 is 43.2 Å². The third kappa shape index (κ3) is 3.27. The Labute approximate surface area is 145 Å². The SMILES string of the molecule is COC(=O)c1ccccc1S(=O)(=O)c1c(/C=N/O)c(C(F)(F)F)nn1C. The van der Waals surface area contributed by atoms with E-state index in [2.05, 4.69) is 15.0 Å². The van der Waals surface area contributed by atoms with Gasteiger partial charge >= 0.3 is 12.1 Å². The maximum Gasteiger partial charge on any atom is 0.435 e. The number of benzene rings is 1. The number of carbonyl (C=O) groups is 1. The highest BCUT2D eigenvalue weighted by atomic mass is 32.2. The first-order chi connectivity index (χ1) is 12.1. The minimum Gasteiger partial charge on any atom is -0.465 e. The van der Waals surface area contributed by atoms with E-state index >= 15 is 0 Å². The summed E-state index contributed by atoms with van der Waals surface area (Å²) in [6.45, 7) is 0. The number of hydrogen-bond acceptors (Lipinski definition) is 7. The summed E-state index contributed by atoms with van der Waals surface area (Å²) in [5.74, 6) is -0.986. The van der Waals surface area contributed by atoms with Gasteiger partial charge in [0, 0.05) is 7.05 Å². The molecule has 140 valence electrons. The Morgan fingerprint density at radius 1 is 1.35 bits per heavy atom. The molecular formula is C14H12F3N3O5S. The number of aromatic nitrogens is 2. The van der Waals surface area contributed by atoms with Gasteiger partial charge < -0.3 is 9.94 Å². The van der Waals surface area contributed by atoms with Crippen molar-refractivity contribution < 1.29 is 36.3 Å². The summed E-state index contributed by atoms with van der Waals surface area (Å²) >= 11 is 0. The van der Waals surface area contributed by atoms with Crippen molar-refractivity contribution >= 4 is 22.0 Å². The largest absolute Gasteiger partial charge is 0.465 e. The van der Waals surface area contributed by atoms with Crippen LogP contribution in [0.15, 0.2) is 39.3 Å². The Balaban J connectivity index is 2.85. The minimum atomic E-state index is -5.00. The van der Waals surface area contributed by atoms with Crippen LogP contribution in [0.5, 0.6) is 0 Å². The number of oxime groups is 1. The second kappa shape index (κ2) is 6.78. The molecule has 0 saturated carbocycles. The number of halogens is 3. The summed E-state index contributed by atoms with van der Waals surface area (Å²) in [5.41, 5.74) is -2.87. The molecule has 1 heterocycles. The van der Waals surface area contributed by atoms with Crippen LogP contribution in [0, 0.1) is 0 Å². The summed E-state index contributed by atoms with van der Waals surface area (Å²) in [5, 5.41) is 13.4. The van der Waals surface area contributed by atoms with Crippen LogP contribution in [0.3, 0.4) is 0 Å². The highest BCUT2D eigenvalue weighted by Crippen LogP contribution is 2.35. The first-order valence-electron chi connectivity index (χ1n) is 6.79. The molecule has 26 heavy (non-hydrogen) atoms. The smallest absolute Gasteiger partial charge is 0.435 e. The van der Waals surface area contributed by atoms with Gasteiger partial charge in [-0.3, -0.25) is 4.68 Å². The molecule has 0 aliphatic rings. The van der Waals surface area contributed by atoms with Crippen molar-refractivity contribution in [2.75, 3.05) is 7.11 Å². The van der Waals surface area contributed by atoms with Crippen molar-refractivity contribution in [3.05, 3.63) is 41.1 Å². The van der Waals surface area contributed by atoms with Crippen LogP contribution in [0.1, 0.15) is 21.6 Å². The Morgan fingerprint density at radius 2 is 1.96 bits per heavy atom. The van der Waals surface area contributed by atoms with Crippen molar-refractivity contribution in [2.45, 2.75) is 16.1 Å². The zero-order valence-electron chi connectivity index (χ0n) is 13.4. The highest BCUT2D eigenvalue weighted by Gasteiger charge is 2.42. The van der Waals surface area contributed by atoms with E-state index in [1.54, 1.807) is 0 Å². The number of rotatable bonds is 4. The average molecular weight is 391 g/mol. The van der Waals surface area contributed by atoms with E-state index in [4.69, 9.17) is 5.21 Å². The summed E-state index contributed by atoms with van der Waals surface area (Å²) in [7, 11) is -2.64. The normalized spacial score (nSPS) is 12.5. The van der Waals surface area contributed by atoms with Crippen LogP contribution < -0.4 is 0 Å². The van der Waals surface area contributed by atoms with Crippen LogP contribution in [0.2, 0.25) is 0 Å². The van der Waals surface area contributed by atoms with Gasteiger partial charge in [0.1, 0.15) is 0 Å². The van der Waals surface area contributed by atoms with Gasteiger partial charge in [0.2, 0.25) is 9.84 Å². The first-order valence-corrected chi connectivity index (χ1v) is 8.28. The van der Waals surface area contributed by atoms with Gasteiger partial charge in [-0.15, -0.1) is 0 Å². The second-order valence-corrected chi connectivity index (χ2v) is 6.76. The van der Waals surface area contributed by atoms with E-state index in [0.29, 0.717) is 10.9 Å². The van der Waals surface area contributed by atoms with Gasteiger partial charge in [0.25, 0.3) is 0 Å². The lowest BCUT2D eigenvalue weighted by Crippen LogP contribution is -2.15. The van der Waals surface area contributed by atoms with E-state index in [-0.39, 0.29) is 5.56 Å². The third-order valence-corrected chi connectivity index (χ3v) is 5.25. The number of aryl methyl sites for hydroxylation is 1. The molecule has 0 aliphatic carbocycles. The molecule has 2 rings (SSSR count). The molecule has 1 aromatic carbocycles. The van der Waals surface area contributed by atoms with Crippen molar-refractivity contribution in [2.24, 2.45) is 12.2 Å². The fraction of sp³-hybridized carbons (Fsp3) is 0.214. The number of nitrogens with zero attached hydrogens (tertiary/aromatic N) is 3. The quantitative estimate of drug-likeness (QED) is 0.369. The van der Waals surface area contributed by atoms with Crippen LogP contribution in [0.25, 0.3) is 0 Å². The first kappa shape index (κ1) is 19.4. The van der Waals surface area contributed by atoms with Crippen molar-refractivity contribution in [3.63, 3.8) is 0 Å². The van der Waals surface area contributed by atoms with Crippen LogP contribution in [-0.2, 0) is 27.8 Å². The molecule has 0 bridgehead atoms. The summed E-state index contributed by atoms with van der Waals surface area (Å²) in [6.07, 6.45) is -4.67. The lowest BCUT2D eigenvalue weighted by Gasteiger charge is -2.10. The Hall–Kier alpha value is -2.89. The van der Waals surface area contributed by atoms with E-state index in [1.807, 2.05) is 0 Å². The standard InChI is InChI=1S/C14H12F3N3O5S/c1-20-12(9(7-18-22)11(19-20)14(15,16)17)26(23,24)10-6-4-3-5-8(10)13(21)25-2/h3-7,22H,1-2H3/b18-7+. The lowest BCUT2D eigenvalue weighted by molar-refractivity contribution is -0.141. The monoisotopic (exact) mass is 391 g/mol. The van der Waals surface area contributed by atoms with Gasteiger partial charge in [-0.05, 0) is 12.1 Å². The number of hydrogen-bond donors (Lipinski definition) is 1. The maximum atomic E-state index is 13.1. The topological polar surface area (TPSA) is 111 Å². The van der Waals surface area contributed by atoms with Crippen LogP contribution in [0.4, 0.5) is 13.2 Å². The Morgan fingerprint density at radius 3 is 2.50 bits per heavy atom. The average Bonchev–Trinajstić information content (AvgIpc) is 2.91. The zero-order valence-corrected chi connectivity index (χ0v) is 14.2. The molecule has 1 aromatic heterocycles. The molecule has 0 amide bonds. The van der Waals surface area contributed by atoms with Gasteiger partial charge in [-0.25, -0.2) is 13.2 Å². The Bertz CT molecular complexity index is 980. The fourth-order valence-electron chi connectivity index (χ4n) is 2.31. The number of sulfone groups is 1. The molecule has 0 spiro atoms. The molecule has 0 atom stereocenters.